The Kier molecular flexibility index (Phi) is 7.09. The summed E-state index contributed by atoms with van der Waals surface area (Å²) < 4.78 is 17.0. The first kappa shape index (κ1) is 23.9. The Bertz CT molecular complexity index is 1170. The summed E-state index contributed by atoms with van der Waals surface area (Å²) in [6.07, 6.45) is 4.13. The van der Waals surface area contributed by atoms with E-state index < -0.39 is 0 Å². The van der Waals surface area contributed by atoms with E-state index in [1.54, 1.807) is 14.2 Å². The molecule has 3 aromatic rings. The van der Waals surface area contributed by atoms with Crippen molar-refractivity contribution in [1.29, 1.82) is 0 Å². The smallest absolute Gasteiger partial charge is 0.254 e. The third kappa shape index (κ3) is 4.81. The van der Waals surface area contributed by atoms with Crippen molar-refractivity contribution in [1.82, 2.24) is 14.8 Å². The van der Waals surface area contributed by atoms with E-state index in [2.05, 4.69) is 41.1 Å². The van der Waals surface area contributed by atoms with Crippen LogP contribution < -0.4 is 4.74 Å². The van der Waals surface area contributed by atoms with Gasteiger partial charge in [0.05, 0.1) is 26.4 Å². The first-order valence-electron chi connectivity index (χ1n) is 12.5. The second-order valence-corrected chi connectivity index (χ2v) is 9.54. The van der Waals surface area contributed by atoms with E-state index in [-0.39, 0.29) is 18.1 Å². The molecule has 1 N–H and O–H groups in total. The maximum Gasteiger partial charge on any atom is 0.254 e. The van der Waals surface area contributed by atoms with Crippen LogP contribution in [-0.2, 0) is 16.0 Å². The van der Waals surface area contributed by atoms with Gasteiger partial charge in [-0.1, -0.05) is 12.1 Å². The average Bonchev–Trinajstić information content (AvgIpc) is 3.41. The van der Waals surface area contributed by atoms with Crippen LogP contribution in [-0.4, -0.2) is 73.9 Å². The molecule has 0 saturated carbocycles. The molecule has 2 atom stereocenters. The van der Waals surface area contributed by atoms with Crippen LogP contribution in [0.4, 0.5) is 0 Å². The minimum Gasteiger partial charge on any atom is -0.496 e. The lowest BCUT2D eigenvalue weighted by Crippen LogP contribution is -2.40. The number of nitrogens with zero attached hydrogens (tertiary/aromatic N) is 2. The summed E-state index contributed by atoms with van der Waals surface area (Å²) in [5, 5.41) is 1.21. The molecule has 186 valence electrons. The maximum atomic E-state index is 12.9. The van der Waals surface area contributed by atoms with Crippen LogP contribution >= 0.6 is 0 Å². The lowest BCUT2D eigenvalue weighted by atomic mass is 9.91. The molecule has 2 aromatic carbocycles. The molecular weight excluding hydrogens is 442 g/mol. The number of rotatable bonds is 6. The molecule has 1 amide bonds. The Balaban J connectivity index is 1.42. The van der Waals surface area contributed by atoms with E-state index in [0.29, 0.717) is 26.3 Å². The predicted octanol–water partition coefficient (Wildman–Crippen LogP) is 4.31. The number of ether oxygens (including phenoxy) is 3. The van der Waals surface area contributed by atoms with Gasteiger partial charge in [-0.25, -0.2) is 0 Å². The van der Waals surface area contributed by atoms with Crippen LogP contribution in [0.5, 0.6) is 5.75 Å². The standard InChI is InChI=1S/C28H35N3O4/c1-19-16-26(34-3)24(23-8-10-29-27(19)23)18-31-11-9-22(33-2)17-25(31)20-4-6-21(7-5-20)28(32)30-12-14-35-15-13-30/h4-8,10,16,22,25,29H,9,11-15,17-18H2,1-3H3. The zero-order valence-corrected chi connectivity index (χ0v) is 20.9. The molecule has 0 spiro atoms. The number of aromatic amines is 1. The third-order valence-corrected chi connectivity index (χ3v) is 7.53. The number of nitrogens with one attached hydrogen (secondary N) is 1. The summed E-state index contributed by atoms with van der Waals surface area (Å²) in [5.41, 5.74) is 5.49. The Morgan fingerprint density at radius 3 is 2.60 bits per heavy atom. The summed E-state index contributed by atoms with van der Waals surface area (Å²) in [5.74, 6) is 1.00. The van der Waals surface area contributed by atoms with Crippen molar-refractivity contribution in [2.45, 2.75) is 38.5 Å². The molecule has 7 nitrogen and oxygen atoms in total. The first-order valence-corrected chi connectivity index (χ1v) is 12.5. The van der Waals surface area contributed by atoms with E-state index in [9.17, 15) is 4.79 Å². The van der Waals surface area contributed by atoms with Gasteiger partial charge in [0, 0.05) is 67.6 Å². The summed E-state index contributed by atoms with van der Waals surface area (Å²) in [6.45, 7) is 6.34. The van der Waals surface area contributed by atoms with Crippen molar-refractivity contribution in [2.75, 3.05) is 47.1 Å². The van der Waals surface area contributed by atoms with Gasteiger partial charge in [-0.2, -0.15) is 0 Å². The van der Waals surface area contributed by atoms with Crippen LogP contribution in [0.25, 0.3) is 10.9 Å². The number of carbonyl (C=O) groups is 1. The number of methoxy groups -OCH3 is 2. The van der Waals surface area contributed by atoms with Gasteiger partial charge >= 0.3 is 0 Å². The van der Waals surface area contributed by atoms with Gasteiger partial charge in [-0.15, -0.1) is 0 Å². The number of H-pyrrole nitrogens is 1. The van der Waals surface area contributed by atoms with Crippen molar-refractivity contribution in [2.24, 2.45) is 0 Å². The zero-order chi connectivity index (χ0) is 24.4. The SMILES string of the molecule is COc1cc(C)c2[nH]ccc2c1CN1CCC(OC)CC1c1ccc(C(=O)N2CCOCC2)cc1. The quantitative estimate of drug-likeness (QED) is 0.573. The van der Waals surface area contributed by atoms with E-state index in [4.69, 9.17) is 14.2 Å². The number of benzene rings is 2. The molecule has 2 fully saturated rings. The summed E-state index contributed by atoms with van der Waals surface area (Å²) in [6, 6.07) is 12.6. The number of piperidine rings is 1. The number of likely N-dealkylation sites (tertiary alicyclic amines) is 1. The fourth-order valence-electron chi connectivity index (χ4n) is 5.51. The molecule has 35 heavy (non-hydrogen) atoms. The molecular formula is C28H35N3O4. The lowest BCUT2D eigenvalue weighted by molar-refractivity contribution is 0.00674. The van der Waals surface area contributed by atoms with Gasteiger partial charge in [-0.05, 0) is 55.2 Å². The Hall–Kier alpha value is -2.87. The van der Waals surface area contributed by atoms with Crippen LogP contribution in [0, 0.1) is 6.92 Å². The second-order valence-electron chi connectivity index (χ2n) is 9.54. The minimum atomic E-state index is 0.0781. The molecule has 2 aliphatic rings. The van der Waals surface area contributed by atoms with Crippen molar-refractivity contribution in [3.8, 4) is 5.75 Å². The van der Waals surface area contributed by atoms with E-state index in [0.717, 1.165) is 42.8 Å². The Labute approximate surface area is 206 Å². The Morgan fingerprint density at radius 1 is 1.11 bits per heavy atom. The van der Waals surface area contributed by atoms with Crippen LogP contribution in [0.15, 0.2) is 42.6 Å². The van der Waals surface area contributed by atoms with Gasteiger partial charge in [0.15, 0.2) is 0 Å². The maximum absolute atomic E-state index is 12.9. The Morgan fingerprint density at radius 2 is 1.89 bits per heavy atom. The molecule has 3 heterocycles. The van der Waals surface area contributed by atoms with Crippen molar-refractivity contribution < 1.29 is 19.0 Å². The fraction of sp³-hybridized carbons (Fsp3) is 0.464. The third-order valence-electron chi connectivity index (χ3n) is 7.53. The number of aryl methyl sites for hydroxylation is 1. The number of amides is 1. The molecule has 7 heteroatoms. The van der Waals surface area contributed by atoms with E-state index >= 15 is 0 Å². The van der Waals surface area contributed by atoms with Crippen molar-refractivity contribution in [3.05, 3.63) is 64.8 Å². The lowest BCUT2D eigenvalue weighted by Gasteiger charge is -2.39. The van der Waals surface area contributed by atoms with Gasteiger partial charge in [0.25, 0.3) is 5.91 Å². The van der Waals surface area contributed by atoms with E-state index in [1.807, 2.05) is 23.2 Å². The number of hydrogen-bond acceptors (Lipinski definition) is 5. The summed E-state index contributed by atoms with van der Waals surface area (Å²) in [4.78, 5) is 20.7. The van der Waals surface area contributed by atoms with Crippen molar-refractivity contribution >= 4 is 16.8 Å². The normalized spacial score (nSPS) is 21.4. The van der Waals surface area contributed by atoms with Crippen molar-refractivity contribution in [3.63, 3.8) is 0 Å². The summed E-state index contributed by atoms with van der Waals surface area (Å²) >= 11 is 0. The topological polar surface area (TPSA) is 67.0 Å². The summed E-state index contributed by atoms with van der Waals surface area (Å²) in [7, 11) is 3.55. The largest absolute Gasteiger partial charge is 0.496 e. The minimum absolute atomic E-state index is 0.0781. The second kappa shape index (κ2) is 10.4. The van der Waals surface area contributed by atoms with Gasteiger partial charge in [-0.3, -0.25) is 9.69 Å². The van der Waals surface area contributed by atoms with Crippen LogP contribution in [0.1, 0.15) is 45.9 Å². The highest BCUT2D eigenvalue weighted by Gasteiger charge is 2.31. The monoisotopic (exact) mass is 477 g/mol. The molecule has 5 rings (SSSR count). The molecule has 0 bridgehead atoms. The molecule has 2 aliphatic heterocycles. The first-order chi connectivity index (χ1) is 17.1. The number of morpholine rings is 1. The molecule has 2 unspecified atom stereocenters. The number of carbonyl (C=O) groups excluding carboxylic acids is 1. The number of hydrogen-bond donors (Lipinski definition) is 1. The zero-order valence-electron chi connectivity index (χ0n) is 20.9. The molecule has 0 aliphatic carbocycles. The van der Waals surface area contributed by atoms with Gasteiger partial charge < -0.3 is 24.1 Å². The predicted molar refractivity (Wildman–Crippen MR) is 136 cm³/mol. The van der Waals surface area contributed by atoms with E-state index in [1.165, 1.54) is 22.1 Å². The fourth-order valence-corrected chi connectivity index (χ4v) is 5.51. The highest BCUT2D eigenvalue weighted by atomic mass is 16.5. The van der Waals surface area contributed by atoms with Crippen LogP contribution in [0.3, 0.4) is 0 Å². The van der Waals surface area contributed by atoms with Gasteiger partial charge in [0.1, 0.15) is 5.75 Å². The molecule has 1 aromatic heterocycles. The number of fused-ring (bicyclic) bond motifs is 1. The van der Waals surface area contributed by atoms with Gasteiger partial charge in [0.2, 0.25) is 0 Å². The average molecular weight is 478 g/mol. The highest BCUT2D eigenvalue weighted by Crippen LogP contribution is 2.37. The van der Waals surface area contributed by atoms with Crippen LogP contribution in [0.2, 0.25) is 0 Å². The number of aromatic nitrogens is 1. The highest BCUT2D eigenvalue weighted by molar-refractivity contribution is 5.94. The molecule has 2 saturated heterocycles. The molecule has 0 radical (unpaired) electrons.